The first-order valence-corrected chi connectivity index (χ1v) is 12.2. The zero-order valence-corrected chi connectivity index (χ0v) is 21.7. The molecular weight excluding hydrogens is 478 g/mol. The first-order valence-electron chi connectivity index (χ1n) is 11.3. The standard InChI is InChI=1S/C26H29N5O4S/c1-29(2)9-10-30(3)25(33)21-13-18(14-31(21)4)27-23(17-8-11-36-15-17)22-19-7-6-16(26(34)35-5)12-20(19)28-24(22)32/h6-8,11-15,28,32H,9-10H2,1-5H3. The fourth-order valence-electron chi connectivity index (χ4n) is 3.93. The molecule has 188 valence electrons. The molecule has 9 nitrogen and oxygen atoms in total. The third-order valence-corrected chi connectivity index (χ3v) is 6.59. The molecule has 0 saturated heterocycles. The normalized spacial score (nSPS) is 11.9. The van der Waals surface area contributed by atoms with Crippen molar-refractivity contribution in [3.8, 4) is 5.88 Å². The number of thiophene rings is 1. The van der Waals surface area contributed by atoms with Crippen molar-refractivity contribution in [1.82, 2.24) is 19.4 Å². The van der Waals surface area contributed by atoms with Gasteiger partial charge in [-0.15, -0.1) is 0 Å². The molecule has 0 radical (unpaired) electrons. The van der Waals surface area contributed by atoms with Crippen LogP contribution in [0.5, 0.6) is 5.88 Å². The summed E-state index contributed by atoms with van der Waals surface area (Å²) in [5.41, 5.74) is 3.95. The Morgan fingerprint density at radius 2 is 1.92 bits per heavy atom. The molecule has 0 spiro atoms. The predicted molar refractivity (Wildman–Crippen MR) is 142 cm³/mol. The first kappa shape index (κ1) is 25.2. The van der Waals surface area contributed by atoms with Crippen LogP contribution in [0.4, 0.5) is 5.69 Å². The van der Waals surface area contributed by atoms with Gasteiger partial charge in [0, 0.05) is 55.2 Å². The molecule has 4 rings (SSSR count). The van der Waals surface area contributed by atoms with Gasteiger partial charge in [0.2, 0.25) is 0 Å². The van der Waals surface area contributed by atoms with Crippen LogP contribution in [0.3, 0.4) is 0 Å². The van der Waals surface area contributed by atoms with E-state index in [0.717, 1.165) is 12.1 Å². The van der Waals surface area contributed by atoms with Crippen LogP contribution in [0.1, 0.15) is 32.0 Å². The highest BCUT2D eigenvalue weighted by atomic mass is 32.1. The van der Waals surface area contributed by atoms with Gasteiger partial charge in [-0.3, -0.25) is 4.79 Å². The Morgan fingerprint density at radius 1 is 1.14 bits per heavy atom. The molecule has 3 heterocycles. The molecule has 0 aliphatic heterocycles. The zero-order chi connectivity index (χ0) is 26.0. The number of benzene rings is 1. The SMILES string of the molecule is COC(=O)c1ccc2c(C(=Nc3cc(C(=O)N(C)CCN(C)C)n(C)c3)c3ccsc3)c(O)[nH]c2c1. The molecule has 1 aromatic carbocycles. The summed E-state index contributed by atoms with van der Waals surface area (Å²) in [7, 11) is 8.86. The minimum atomic E-state index is -0.462. The number of aromatic amines is 1. The lowest BCUT2D eigenvalue weighted by Crippen LogP contribution is -2.34. The Balaban J connectivity index is 1.77. The van der Waals surface area contributed by atoms with E-state index in [4.69, 9.17) is 9.73 Å². The van der Waals surface area contributed by atoms with E-state index in [9.17, 15) is 14.7 Å². The number of aromatic nitrogens is 2. The van der Waals surface area contributed by atoms with Gasteiger partial charge in [-0.05, 0) is 43.7 Å². The van der Waals surface area contributed by atoms with Crippen molar-refractivity contribution >= 4 is 45.5 Å². The Kier molecular flexibility index (Phi) is 7.27. The summed E-state index contributed by atoms with van der Waals surface area (Å²) in [6, 6.07) is 8.73. The van der Waals surface area contributed by atoms with E-state index in [1.165, 1.54) is 18.4 Å². The fourth-order valence-corrected chi connectivity index (χ4v) is 4.57. The number of nitrogens with zero attached hydrogens (tertiary/aromatic N) is 4. The lowest BCUT2D eigenvalue weighted by molar-refractivity contribution is 0.0600. The highest BCUT2D eigenvalue weighted by Crippen LogP contribution is 2.33. The van der Waals surface area contributed by atoms with Gasteiger partial charge < -0.3 is 29.2 Å². The fraction of sp³-hybridized carbons (Fsp3) is 0.269. The van der Waals surface area contributed by atoms with E-state index in [2.05, 4.69) is 4.98 Å². The maximum atomic E-state index is 13.0. The van der Waals surface area contributed by atoms with E-state index in [0.29, 0.717) is 45.7 Å². The Morgan fingerprint density at radius 3 is 2.58 bits per heavy atom. The van der Waals surface area contributed by atoms with Crippen molar-refractivity contribution in [2.45, 2.75) is 0 Å². The monoisotopic (exact) mass is 507 g/mol. The minimum absolute atomic E-state index is 0.0624. The molecule has 0 atom stereocenters. The summed E-state index contributed by atoms with van der Waals surface area (Å²) >= 11 is 1.52. The molecule has 4 aromatic rings. The number of hydrogen-bond acceptors (Lipinski definition) is 7. The van der Waals surface area contributed by atoms with Crippen molar-refractivity contribution in [2.24, 2.45) is 12.0 Å². The maximum Gasteiger partial charge on any atom is 0.337 e. The summed E-state index contributed by atoms with van der Waals surface area (Å²) in [5, 5.41) is 15.5. The highest BCUT2D eigenvalue weighted by Gasteiger charge is 2.22. The lowest BCUT2D eigenvalue weighted by atomic mass is 10.0. The number of rotatable bonds is 8. The molecule has 3 aromatic heterocycles. The quantitative estimate of drug-likeness (QED) is 0.278. The number of aryl methyl sites for hydroxylation is 1. The molecule has 0 aliphatic rings. The van der Waals surface area contributed by atoms with Gasteiger partial charge >= 0.3 is 5.97 Å². The Labute approximate surface area is 213 Å². The van der Waals surface area contributed by atoms with E-state index in [1.807, 2.05) is 42.9 Å². The largest absolute Gasteiger partial charge is 0.494 e. The first-order chi connectivity index (χ1) is 17.2. The van der Waals surface area contributed by atoms with Gasteiger partial charge in [0.25, 0.3) is 5.91 Å². The number of amides is 1. The smallest absolute Gasteiger partial charge is 0.337 e. The number of likely N-dealkylation sites (N-methyl/N-ethyl adjacent to an activating group) is 2. The number of carbonyl (C=O) groups is 2. The second-order valence-electron chi connectivity index (χ2n) is 8.80. The van der Waals surface area contributed by atoms with E-state index >= 15 is 0 Å². The molecule has 0 bridgehead atoms. The molecule has 36 heavy (non-hydrogen) atoms. The second kappa shape index (κ2) is 10.4. The average molecular weight is 508 g/mol. The van der Waals surface area contributed by atoms with E-state index < -0.39 is 5.97 Å². The molecule has 1 amide bonds. The van der Waals surface area contributed by atoms with E-state index in [1.54, 1.807) is 47.0 Å². The van der Waals surface area contributed by atoms with Gasteiger partial charge in [0.05, 0.1) is 29.6 Å². The highest BCUT2D eigenvalue weighted by molar-refractivity contribution is 7.08. The van der Waals surface area contributed by atoms with Gasteiger partial charge in [0.1, 0.15) is 5.69 Å². The molecular formula is C26H29N5O4S. The third kappa shape index (κ3) is 5.05. The molecule has 0 saturated carbocycles. The minimum Gasteiger partial charge on any atom is -0.494 e. The number of hydrogen-bond donors (Lipinski definition) is 2. The number of carbonyl (C=O) groups excluding carboxylic acids is 2. The Hall–Kier alpha value is -3.89. The van der Waals surface area contributed by atoms with Gasteiger partial charge in [0.15, 0.2) is 5.88 Å². The molecule has 0 fully saturated rings. The number of aliphatic imine (C=N–C) groups is 1. The lowest BCUT2D eigenvalue weighted by Gasteiger charge is -2.19. The Bertz CT molecular complexity index is 1430. The van der Waals surface area contributed by atoms with Crippen molar-refractivity contribution in [1.29, 1.82) is 0 Å². The van der Waals surface area contributed by atoms with Crippen molar-refractivity contribution in [2.75, 3.05) is 41.3 Å². The molecule has 0 aliphatic carbocycles. The predicted octanol–water partition coefficient (Wildman–Crippen LogP) is 3.86. The third-order valence-electron chi connectivity index (χ3n) is 5.91. The van der Waals surface area contributed by atoms with Crippen LogP contribution in [-0.2, 0) is 11.8 Å². The van der Waals surface area contributed by atoms with Crippen molar-refractivity contribution in [3.63, 3.8) is 0 Å². The summed E-state index contributed by atoms with van der Waals surface area (Å²) in [5.74, 6) is -0.618. The topological polar surface area (TPSA) is 103 Å². The van der Waals surface area contributed by atoms with Crippen LogP contribution < -0.4 is 0 Å². The number of ether oxygens (including phenoxy) is 1. The molecule has 2 N–H and O–H groups in total. The van der Waals surface area contributed by atoms with Crippen LogP contribution in [0.2, 0.25) is 0 Å². The van der Waals surface area contributed by atoms with Crippen LogP contribution in [0, 0.1) is 0 Å². The van der Waals surface area contributed by atoms with Gasteiger partial charge in [-0.25, -0.2) is 9.79 Å². The number of esters is 1. The number of aromatic hydroxyl groups is 1. The molecule has 10 heteroatoms. The number of fused-ring (bicyclic) bond motifs is 1. The van der Waals surface area contributed by atoms with Crippen molar-refractivity contribution < 1.29 is 19.4 Å². The van der Waals surface area contributed by atoms with Crippen molar-refractivity contribution in [3.05, 3.63) is 69.7 Å². The number of methoxy groups -OCH3 is 1. The van der Waals surface area contributed by atoms with Crippen LogP contribution in [0.15, 0.2) is 52.3 Å². The average Bonchev–Trinajstić information content (AvgIpc) is 3.58. The summed E-state index contributed by atoms with van der Waals surface area (Å²) in [6.45, 7) is 1.37. The van der Waals surface area contributed by atoms with Crippen LogP contribution in [-0.4, -0.2) is 83.4 Å². The number of H-pyrrole nitrogens is 1. The maximum absolute atomic E-state index is 13.0. The van der Waals surface area contributed by atoms with Gasteiger partial charge in [-0.1, -0.05) is 6.07 Å². The van der Waals surface area contributed by atoms with Gasteiger partial charge in [-0.2, -0.15) is 11.3 Å². The summed E-state index contributed by atoms with van der Waals surface area (Å²) < 4.78 is 6.57. The molecule has 0 unspecified atom stereocenters. The second-order valence-corrected chi connectivity index (χ2v) is 9.58. The zero-order valence-electron chi connectivity index (χ0n) is 20.9. The number of nitrogens with one attached hydrogen (secondary N) is 1. The summed E-state index contributed by atoms with van der Waals surface area (Å²) in [6.07, 6.45) is 1.79. The summed E-state index contributed by atoms with van der Waals surface area (Å²) in [4.78, 5) is 36.5. The van der Waals surface area contributed by atoms with Crippen LogP contribution in [0.25, 0.3) is 10.9 Å². The van der Waals surface area contributed by atoms with Crippen LogP contribution >= 0.6 is 11.3 Å². The van der Waals surface area contributed by atoms with E-state index in [-0.39, 0.29) is 11.8 Å².